The molecule has 1 heterocycles. The predicted octanol–water partition coefficient (Wildman–Crippen LogP) is 0.108. The van der Waals surface area contributed by atoms with Crippen molar-refractivity contribution >= 4 is 0 Å². The fraction of sp³-hybridized carbons (Fsp3) is 1.00. The number of nitrogens with one attached hydrogen (secondary N) is 1. The maximum absolute atomic E-state index is 9.04. The lowest BCUT2D eigenvalue weighted by Gasteiger charge is -2.35. The van der Waals surface area contributed by atoms with E-state index in [0.717, 1.165) is 0 Å². The largest absolute Gasteiger partial charge is 0.392 e. The molecule has 0 aromatic rings. The average Bonchev–Trinajstić information content (AvgIpc) is 2.02. The van der Waals surface area contributed by atoms with Crippen molar-refractivity contribution < 1.29 is 14.6 Å². The summed E-state index contributed by atoms with van der Waals surface area (Å²) in [5.74, 6) is -0.455. The Morgan fingerprint density at radius 3 is 2.46 bits per heavy atom. The fourth-order valence-electron chi connectivity index (χ4n) is 1.15. The van der Waals surface area contributed by atoms with Gasteiger partial charge in [0.15, 0.2) is 5.79 Å². The maximum atomic E-state index is 9.04. The minimum atomic E-state index is -0.455. The lowest BCUT2D eigenvalue weighted by Crippen LogP contribution is -2.49. The summed E-state index contributed by atoms with van der Waals surface area (Å²) in [6.07, 6.45) is -0.324. The zero-order valence-electron chi connectivity index (χ0n) is 8.54. The smallest absolute Gasteiger partial charge is 0.162 e. The molecule has 1 unspecified atom stereocenters. The normalized spacial score (nSPS) is 25.8. The summed E-state index contributed by atoms with van der Waals surface area (Å²) in [7, 11) is 0. The Morgan fingerprint density at radius 2 is 2.00 bits per heavy atom. The molecular weight excluding hydrogens is 170 g/mol. The van der Waals surface area contributed by atoms with Gasteiger partial charge in [0.1, 0.15) is 0 Å². The quantitative estimate of drug-likeness (QED) is 0.661. The van der Waals surface area contributed by atoms with Gasteiger partial charge in [0.05, 0.1) is 25.4 Å². The van der Waals surface area contributed by atoms with Gasteiger partial charge in [0.25, 0.3) is 0 Å². The van der Waals surface area contributed by atoms with Gasteiger partial charge in [-0.05, 0) is 20.8 Å². The molecule has 13 heavy (non-hydrogen) atoms. The molecule has 1 fully saturated rings. The number of aliphatic hydroxyl groups is 1. The van der Waals surface area contributed by atoms with Gasteiger partial charge < -0.3 is 19.9 Å². The highest BCUT2D eigenvalue weighted by molar-refractivity contribution is 4.73. The van der Waals surface area contributed by atoms with E-state index >= 15 is 0 Å². The SMILES string of the molecule is CC(O)CNC1COC(C)(C)OC1. The van der Waals surface area contributed by atoms with Crippen LogP contribution in [0.2, 0.25) is 0 Å². The number of rotatable bonds is 3. The van der Waals surface area contributed by atoms with E-state index in [1.807, 2.05) is 13.8 Å². The first-order valence-electron chi connectivity index (χ1n) is 4.69. The van der Waals surface area contributed by atoms with Gasteiger partial charge in [-0.1, -0.05) is 0 Å². The summed E-state index contributed by atoms with van der Waals surface area (Å²) >= 11 is 0. The summed E-state index contributed by atoms with van der Waals surface area (Å²) in [4.78, 5) is 0. The molecule has 78 valence electrons. The van der Waals surface area contributed by atoms with Gasteiger partial charge in [-0.2, -0.15) is 0 Å². The molecule has 1 atom stereocenters. The standard InChI is InChI=1S/C9H19NO3/c1-7(11)4-10-8-5-12-9(2,3)13-6-8/h7-8,10-11H,4-6H2,1-3H3. The van der Waals surface area contributed by atoms with E-state index in [2.05, 4.69) is 5.32 Å². The van der Waals surface area contributed by atoms with E-state index in [-0.39, 0.29) is 12.1 Å². The Kier molecular flexibility index (Phi) is 3.67. The van der Waals surface area contributed by atoms with E-state index < -0.39 is 5.79 Å². The monoisotopic (exact) mass is 189 g/mol. The third-order valence-corrected chi connectivity index (χ3v) is 1.97. The fourth-order valence-corrected chi connectivity index (χ4v) is 1.15. The molecule has 2 N–H and O–H groups in total. The minimum absolute atomic E-state index is 0.197. The van der Waals surface area contributed by atoms with Crippen molar-refractivity contribution in [1.82, 2.24) is 5.32 Å². The molecule has 1 aliphatic heterocycles. The Labute approximate surface area is 79.2 Å². The highest BCUT2D eigenvalue weighted by Gasteiger charge is 2.27. The molecule has 1 rings (SSSR count). The second-order valence-electron chi connectivity index (χ2n) is 3.98. The van der Waals surface area contributed by atoms with Crippen molar-refractivity contribution in [1.29, 1.82) is 0 Å². The van der Waals surface area contributed by atoms with Crippen LogP contribution in [0.5, 0.6) is 0 Å². The second-order valence-corrected chi connectivity index (χ2v) is 3.98. The topological polar surface area (TPSA) is 50.7 Å². The van der Waals surface area contributed by atoms with Crippen LogP contribution in [-0.4, -0.2) is 42.8 Å². The molecule has 0 spiro atoms. The molecule has 4 heteroatoms. The lowest BCUT2D eigenvalue weighted by atomic mass is 10.2. The molecular formula is C9H19NO3. The molecule has 4 nitrogen and oxygen atoms in total. The summed E-state index contributed by atoms with van der Waals surface area (Å²) in [5.41, 5.74) is 0. The first kappa shape index (κ1) is 10.9. The van der Waals surface area contributed by atoms with Crippen LogP contribution in [0, 0.1) is 0 Å². The lowest BCUT2D eigenvalue weighted by molar-refractivity contribution is -0.253. The maximum Gasteiger partial charge on any atom is 0.162 e. The van der Waals surface area contributed by atoms with Crippen LogP contribution in [0.3, 0.4) is 0 Å². The van der Waals surface area contributed by atoms with Crippen molar-refractivity contribution in [2.24, 2.45) is 0 Å². The van der Waals surface area contributed by atoms with Crippen molar-refractivity contribution in [2.75, 3.05) is 19.8 Å². The van der Waals surface area contributed by atoms with Crippen molar-refractivity contribution in [2.45, 2.75) is 38.7 Å². The van der Waals surface area contributed by atoms with Crippen LogP contribution >= 0.6 is 0 Å². The van der Waals surface area contributed by atoms with Gasteiger partial charge in [-0.3, -0.25) is 0 Å². The van der Waals surface area contributed by atoms with Gasteiger partial charge in [-0.15, -0.1) is 0 Å². The van der Waals surface area contributed by atoms with E-state index in [4.69, 9.17) is 14.6 Å². The van der Waals surface area contributed by atoms with Gasteiger partial charge in [-0.25, -0.2) is 0 Å². The van der Waals surface area contributed by atoms with Gasteiger partial charge in [0.2, 0.25) is 0 Å². The molecule has 0 aliphatic carbocycles. The highest BCUT2D eigenvalue weighted by atomic mass is 16.7. The third-order valence-electron chi connectivity index (χ3n) is 1.97. The van der Waals surface area contributed by atoms with Crippen LogP contribution in [0.4, 0.5) is 0 Å². The minimum Gasteiger partial charge on any atom is -0.392 e. The molecule has 1 aliphatic rings. The Morgan fingerprint density at radius 1 is 1.46 bits per heavy atom. The summed E-state index contributed by atoms with van der Waals surface area (Å²) in [6.45, 7) is 7.41. The van der Waals surface area contributed by atoms with Crippen LogP contribution in [0.1, 0.15) is 20.8 Å². The van der Waals surface area contributed by atoms with Gasteiger partial charge >= 0.3 is 0 Å². The molecule has 0 bridgehead atoms. The molecule has 0 aromatic heterocycles. The van der Waals surface area contributed by atoms with Crippen molar-refractivity contribution in [3.05, 3.63) is 0 Å². The first-order chi connectivity index (χ1) is 5.99. The third kappa shape index (κ3) is 4.04. The zero-order chi connectivity index (χ0) is 9.90. The zero-order valence-corrected chi connectivity index (χ0v) is 8.54. The number of aliphatic hydroxyl groups excluding tert-OH is 1. The summed E-state index contributed by atoms with van der Waals surface area (Å²) in [6, 6.07) is 0.197. The molecule has 0 radical (unpaired) electrons. The number of hydrogen-bond donors (Lipinski definition) is 2. The molecule has 0 saturated carbocycles. The Balaban J connectivity index is 2.18. The van der Waals surface area contributed by atoms with E-state index in [1.165, 1.54) is 0 Å². The molecule has 1 saturated heterocycles. The van der Waals surface area contributed by atoms with Crippen LogP contribution < -0.4 is 5.32 Å². The van der Waals surface area contributed by atoms with E-state index in [1.54, 1.807) is 6.92 Å². The predicted molar refractivity (Wildman–Crippen MR) is 49.5 cm³/mol. The first-order valence-corrected chi connectivity index (χ1v) is 4.69. The summed E-state index contributed by atoms with van der Waals surface area (Å²) < 4.78 is 10.9. The van der Waals surface area contributed by atoms with Crippen molar-refractivity contribution in [3.63, 3.8) is 0 Å². The average molecular weight is 189 g/mol. The van der Waals surface area contributed by atoms with Crippen LogP contribution in [-0.2, 0) is 9.47 Å². The number of ether oxygens (including phenoxy) is 2. The number of hydrogen-bond acceptors (Lipinski definition) is 4. The van der Waals surface area contributed by atoms with Crippen molar-refractivity contribution in [3.8, 4) is 0 Å². The second kappa shape index (κ2) is 4.37. The van der Waals surface area contributed by atoms with Gasteiger partial charge in [0, 0.05) is 6.54 Å². The molecule has 0 aromatic carbocycles. The Bertz CT molecular complexity index is 146. The van der Waals surface area contributed by atoms with Crippen LogP contribution in [0.15, 0.2) is 0 Å². The van der Waals surface area contributed by atoms with Crippen LogP contribution in [0.25, 0.3) is 0 Å². The highest BCUT2D eigenvalue weighted by Crippen LogP contribution is 2.16. The summed E-state index contributed by atoms with van der Waals surface area (Å²) in [5, 5.41) is 12.2. The van der Waals surface area contributed by atoms with E-state index in [9.17, 15) is 0 Å². The van der Waals surface area contributed by atoms with E-state index in [0.29, 0.717) is 19.8 Å². The molecule has 0 amide bonds. The Hall–Kier alpha value is -0.160.